The highest BCUT2D eigenvalue weighted by molar-refractivity contribution is 7.91. The molecule has 7 heteroatoms. The molecule has 0 bridgehead atoms. The van der Waals surface area contributed by atoms with Gasteiger partial charge in [-0.3, -0.25) is 4.79 Å². The van der Waals surface area contributed by atoms with Crippen LogP contribution < -0.4 is 4.90 Å². The summed E-state index contributed by atoms with van der Waals surface area (Å²) in [6.45, 7) is 1.06. The summed E-state index contributed by atoms with van der Waals surface area (Å²) in [5.74, 6) is -0.0861. The normalized spacial score (nSPS) is 21.4. The van der Waals surface area contributed by atoms with E-state index in [2.05, 4.69) is 6.07 Å². The summed E-state index contributed by atoms with van der Waals surface area (Å²) >= 11 is 1.21. The van der Waals surface area contributed by atoms with Crippen molar-refractivity contribution in [2.45, 2.75) is 42.4 Å². The summed E-state index contributed by atoms with van der Waals surface area (Å²) in [5.41, 5.74) is 2.10. The molecule has 5 nitrogen and oxygen atoms in total. The SMILES string of the molecule is O=C([C@@H]1CCCCN1S(=O)(=O)c1cccs1)N1CCCc2ccccc21. The lowest BCUT2D eigenvalue weighted by atomic mass is 9.98. The number of sulfonamides is 1. The van der Waals surface area contributed by atoms with Crippen LogP contribution in [-0.2, 0) is 21.2 Å². The van der Waals surface area contributed by atoms with Gasteiger partial charge in [0, 0.05) is 18.8 Å². The highest BCUT2D eigenvalue weighted by Crippen LogP contribution is 2.32. The van der Waals surface area contributed by atoms with Crippen LogP contribution in [0.5, 0.6) is 0 Å². The second kappa shape index (κ2) is 7.13. The summed E-state index contributed by atoms with van der Waals surface area (Å²) < 4.78 is 27.9. The fraction of sp³-hybridized carbons (Fsp3) is 0.421. The first kappa shape index (κ1) is 17.7. The van der Waals surface area contributed by atoms with Gasteiger partial charge in [-0.2, -0.15) is 4.31 Å². The topological polar surface area (TPSA) is 57.7 Å². The Morgan fingerprint density at radius 1 is 1.04 bits per heavy atom. The number of hydrogen-bond acceptors (Lipinski definition) is 4. The molecule has 138 valence electrons. The molecule has 1 fully saturated rings. The fourth-order valence-corrected chi connectivity index (χ4v) is 6.68. The summed E-state index contributed by atoms with van der Waals surface area (Å²) in [7, 11) is -3.62. The van der Waals surface area contributed by atoms with Crippen LogP contribution in [0.1, 0.15) is 31.2 Å². The zero-order valence-electron chi connectivity index (χ0n) is 14.5. The van der Waals surface area contributed by atoms with Gasteiger partial charge in [-0.05, 0) is 48.8 Å². The number of hydrogen-bond donors (Lipinski definition) is 0. The Hall–Kier alpha value is -1.70. The monoisotopic (exact) mass is 390 g/mol. The highest BCUT2D eigenvalue weighted by atomic mass is 32.2. The van der Waals surface area contributed by atoms with Gasteiger partial charge in [0.2, 0.25) is 5.91 Å². The Morgan fingerprint density at radius 3 is 2.69 bits per heavy atom. The molecule has 2 aliphatic heterocycles. The van der Waals surface area contributed by atoms with E-state index in [4.69, 9.17) is 0 Å². The maximum absolute atomic E-state index is 13.4. The Labute approximate surface area is 158 Å². The Bertz CT molecular complexity index is 893. The van der Waals surface area contributed by atoms with Gasteiger partial charge in [0.15, 0.2) is 0 Å². The zero-order valence-corrected chi connectivity index (χ0v) is 16.1. The minimum Gasteiger partial charge on any atom is -0.311 e. The fourth-order valence-electron chi connectivity index (χ4n) is 3.91. The van der Waals surface area contributed by atoms with Gasteiger partial charge in [0.25, 0.3) is 10.0 Å². The van der Waals surface area contributed by atoms with Crippen molar-refractivity contribution in [3.63, 3.8) is 0 Å². The molecule has 0 radical (unpaired) electrons. The first-order valence-electron chi connectivity index (χ1n) is 9.04. The highest BCUT2D eigenvalue weighted by Gasteiger charge is 2.40. The third kappa shape index (κ3) is 3.08. The van der Waals surface area contributed by atoms with Gasteiger partial charge in [-0.15, -0.1) is 11.3 Å². The number of carbonyl (C=O) groups excluding carboxylic acids is 1. The van der Waals surface area contributed by atoms with E-state index in [-0.39, 0.29) is 5.91 Å². The average molecular weight is 391 g/mol. The number of nitrogens with zero attached hydrogens (tertiary/aromatic N) is 2. The molecule has 1 amide bonds. The number of piperidine rings is 1. The van der Waals surface area contributed by atoms with Crippen molar-refractivity contribution in [2.75, 3.05) is 18.0 Å². The molecule has 26 heavy (non-hydrogen) atoms. The van der Waals surface area contributed by atoms with Gasteiger partial charge < -0.3 is 4.90 Å². The molecule has 2 aliphatic rings. The molecule has 1 atom stereocenters. The van der Waals surface area contributed by atoms with Crippen LogP contribution in [0.3, 0.4) is 0 Å². The van der Waals surface area contributed by atoms with E-state index in [0.29, 0.717) is 23.7 Å². The van der Waals surface area contributed by atoms with Crippen molar-refractivity contribution in [1.82, 2.24) is 4.31 Å². The largest absolute Gasteiger partial charge is 0.311 e. The third-order valence-electron chi connectivity index (χ3n) is 5.17. The molecule has 1 aromatic carbocycles. The van der Waals surface area contributed by atoms with E-state index in [1.54, 1.807) is 22.4 Å². The molecule has 4 rings (SSSR count). The predicted octanol–water partition coefficient (Wildman–Crippen LogP) is 3.27. The molecule has 0 N–H and O–H groups in total. The molecule has 1 saturated heterocycles. The predicted molar refractivity (Wildman–Crippen MR) is 103 cm³/mol. The molecule has 1 aromatic heterocycles. The Morgan fingerprint density at radius 2 is 1.88 bits per heavy atom. The van der Waals surface area contributed by atoms with E-state index in [1.807, 2.05) is 18.2 Å². The minimum atomic E-state index is -3.62. The number of anilines is 1. The van der Waals surface area contributed by atoms with Crippen LogP contribution in [0.15, 0.2) is 46.0 Å². The van der Waals surface area contributed by atoms with Gasteiger partial charge in [-0.1, -0.05) is 30.7 Å². The number of thiophene rings is 1. The van der Waals surface area contributed by atoms with Crippen LogP contribution >= 0.6 is 11.3 Å². The Kier molecular flexibility index (Phi) is 4.86. The van der Waals surface area contributed by atoms with Crippen molar-refractivity contribution in [3.05, 3.63) is 47.3 Å². The van der Waals surface area contributed by atoms with Crippen LogP contribution in [0, 0.1) is 0 Å². The number of fused-ring (bicyclic) bond motifs is 1. The van der Waals surface area contributed by atoms with Crippen molar-refractivity contribution in [2.24, 2.45) is 0 Å². The van der Waals surface area contributed by atoms with Crippen LogP contribution in [0.4, 0.5) is 5.69 Å². The standard InChI is InChI=1S/C19H22N2O3S2/c22-19(20-12-5-8-15-7-1-2-9-16(15)20)17-10-3-4-13-21(17)26(23,24)18-11-6-14-25-18/h1-2,6-7,9,11,14,17H,3-5,8,10,12-13H2/t17-/m0/s1. The molecule has 3 heterocycles. The summed E-state index contributed by atoms with van der Waals surface area (Å²) in [4.78, 5) is 15.2. The number of carbonyl (C=O) groups is 1. The number of para-hydroxylation sites is 1. The third-order valence-corrected chi connectivity index (χ3v) is 8.45. The lowest BCUT2D eigenvalue weighted by Crippen LogP contribution is -2.53. The van der Waals surface area contributed by atoms with E-state index < -0.39 is 16.1 Å². The summed E-state index contributed by atoms with van der Waals surface area (Å²) in [6.07, 6.45) is 4.13. The summed E-state index contributed by atoms with van der Waals surface area (Å²) in [6, 6.07) is 10.7. The van der Waals surface area contributed by atoms with Crippen molar-refractivity contribution >= 4 is 33.0 Å². The first-order chi connectivity index (χ1) is 12.6. The molecular weight excluding hydrogens is 368 g/mol. The van der Waals surface area contributed by atoms with Crippen LogP contribution in [-0.4, -0.2) is 37.8 Å². The minimum absolute atomic E-state index is 0.0861. The van der Waals surface area contributed by atoms with Gasteiger partial charge >= 0.3 is 0 Å². The molecule has 0 saturated carbocycles. The zero-order chi connectivity index (χ0) is 18.1. The molecular formula is C19H22N2O3S2. The van der Waals surface area contributed by atoms with Gasteiger partial charge in [0.05, 0.1) is 0 Å². The second-order valence-corrected chi connectivity index (χ2v) is 9.85. The van der Waals surface area contributed by atoms with Crippen LogP contribution in [0.2, 0.25) is 0 Å². The van der Waals surface area contributed by atoms with Crippen molar-refractivity contribution in [3.8, 4) is 0 Å². The van der Waals surface area contributed by atoms with Crippen molar-refractivity contribution in [1.29, 1.82) is 0 Å². The number of amides is 1. The van der Waals surface area contributed by atoms with Crippen molar-refractivity contribution < 1.29 is 13.2 Å². The lowest BCUT2D eigenvalue weighted by Gasteiger charge is -2.38. The first-order valence-corrected chi connectivity index (χ1v) is 11.4. The number of rotatable bonds is 3. The van der Waals surface area contributed by atoms with E-state index in [9.17, 15) is 13.2 Å². The molecule has 0 aliphatic carbocycles. The lowest BCUT2D eigenvalue weighted by molar-refractivity contribution is -0.123. The average Bonchev–Trinajstić information content (AvgIpc) is 3.23. The maximum Gasteiger partial charge on any atom is 0.253 e. The van der Waals surface area contributed by atoms with Gasteiger partial charge in [0.1, 0.15) is 10.3 Å². The summed E-state index contributed by atoms with van der Waals surface area (Å²) in [5, 5.41) is 1.76. The van der Waals surface area contributed by atoms with E-state index >= 15 is 0 Å². The molecule has 0 unspecified atom stereocenters. The quantitative estimate of drug-likeness (QED) is 0.808. The smallest absolute Gasteiger partial charge is 0.253 e. The number of benzene rings is 1. The second-order valence-electron chi connectivity index (χ2n) is 6.78. The van der Waals surface area contributed by atoms with E-state index in [0.717, 1.165) is 36.9 Å². The number of aryl methyl sites for hydroxylation is 1. The van der Waals surface area contributed by atoms with Gasteiger partial charge in [-0.25, -0.2) is 8.42 Å². The van der Waals surface area contributed by atoms with E-state index in [1.165, 1.54) is 15.6 Å². The van der Waals surface area contributed by atoms with Crippen LogP contribution in [0.25, 0.3) is 0 Å². The Balaban J connectivity index is 1.66. The maximum atomic E-state index is 13.4. The molecule has 2 aromatic rings. The molecule has 0 spiro atoms.